The molecule has 18 heavy (non-hydrogen) atoms. The summed E-state index contributed by atoms with van der Waals surface area (Å²) in [7, 11) is 0. The molecule has 2 atom stereocenters. The van der Waals surface area contributed by atoms with Gasteiger partial charge in [-0.25, -0.2) is 0 Å². The SMILES string of the molecule is CC(C)CN1CC(C)NCC1Cc1ccccc1. The van der Waals surface area contributed by atoms with Crippen LogP contribution in [0.2, 0.25) is 0 Å². The van der Waals surface area contributed by atoms with Crippen LogP contribution in [0.3, 0.4) is 0 Å². The smallest absolute Gasteiger partial charge is 0.0261 e. The van der Waals surface area contributed by atoms with Gasteiger partial charge >= 0.3 is 0 Å². The molecule has 1 saturated heterocycles. The molecule has 2 nitrogen and oxygen atoms in total. The molecule has 1 aliphatic heterocycles. The Hall–Kier alpha value is -0.860. The molecule has 0 amide bonds. The number of piperazine rings is 1. The van der Waals surface area contributed by atoms with Gasteiger partial charge < -0.3 is 5.32 Å². The lowest BCUT2D eigenvalue weighted by Crippen LogP contribution is -2.56. The summed E-state index contributed by atoms with van der Waals surface area (Å²) in [6.07, 6.45) is 1.16. The lowest BCUT2D eigenvalue weighted by molar-refractivity contribution is 0.120. The monoisotopic (exact) mass is 246 g/mol. The van der Waals surface area contributed by atoms with Crippen LogP contribution in [0.15, 0.2) is 30.3 Å². The van der Waals surface area contributed by atoms with Crippen LogP contribution >= 0.6 is 0 Å². The molecule has 1 aromatic rings. The van der Waals surface area contributed by atoms with Crippen molar-refractivity contribution >= 4 is 0 Å². The zero-order valence-electron chi connectivity index (χ0n) is 11.9. The van der Waals surface area contributed by atoms with Crippen molar-refractivity contribution in [1.29, 1.82) is 0 Å². The van der Waals surface area contributed by atoms with E-state index in [4.69, 9.17) is 0 Å². The molecule has 100 valence electrons. The lowest BCUT2D eigenvalue weighted by Gasteiger charge is -2.40. The van der Waals surface area contributed by atoms with E-state index >= 15 is 0 Å². The fraction of sp³-hybridized carbons (Fsp3) is 0.625. The highest BCUT2D eigenvalue weighted by Crippen LogP contribution is 2.14. The van der Waals surface area contributed by atoms with Crippen LogP contribution in [-0.4, -0.2) is 36.6 Å². The quantitative estimate of drug-likeness (QED) is 0.878. The second-order valence-corrected chi connectivity index (χ2v) is 6.00. The third kappa shape index (κ3) is 3.82. The molecule has 2 heteroatoms. The highest BCUT2D eigenvalue weighted by molar-refractivity contribution is 5.16. The second-order valence-electron chi connectivity index (χ2n) is 6.00. The zero-order chi connectivity index (χ0) is 13.0. The highest BCUT2D eigenvalue weighted by Gasteiger charge is 2.26. The van der Waals surface area contributed by atoms with Gasteiger partial charge in [-0.3, -0.25) is 4.90 Å². The molecule has 0 aliphatic carbocycles. The maximum absolute atomic E-state index is 3.61. The predicted octanol–water partition coefficient (Wildman–Crippen LogP) is 2.55. The number of hydrogen-bond donors (Lipinski definition) is 1. The molecule has 0 saturated carbocycles. The van der Waals surface area contributed by atoms with Crippen molar-refractivity contribution < 1.29 is 0 Å². The summed E-state index contributed by atoms with van der Waals surface area (Å²) in [5, 5.41) is 3.61. The minimum Gasteiger partial charge on any atom is -0.311 e. The van der Waals surface area contributed by atoms with Crippen LogP contribution in [0.5, 0.6) is 0 Å². The van der Waals surface area contributed by atoms with Gasteiger partial charge in [0.2, 0.25) is 0 Å². The lowest BCUT2D eigenvalue weighted by atomic mass is 10.00. The van der Waals surface area contributed by atoms with Crippen LogP contribution in [-0.2, 0) is 6.42 Å². The molecule has 1 N–H and O–H groups in total. The normalized spacial score (nSPS) is 25.6. The molecular weight excluding hydrogens is 220 g/mol. The largest absolute Gasteiger partial charge is 0.311 e. The molecule has 1 heterocycles. The van der Waals surface area contributed by atoms with E-state index in [0.29, 0.717) is 12.1 Å². The highest BCUT2D eigenvalue weighted by atomic mass is 15.2. The summed E-state index contributed by atoms with van der Waals surface area (Å²) in [6.45, 7) is 10.4. The van der Waals surface area contributed by atoms with Crippen LogP contribution in [0.4, 0.5) is 0 Å². The van der Waals surface area contributed by atoms with Gasteiger partial charge in [0.25, 0.3) is 0 Å². The molecule has 0 aromatic heterocycles. The number of nitrogens with zero attached hydrogens (tertiary/aromatic N) is 1. The van der Waals surface area contributed by atoms with Gasteiger partial charge in [-0.15, -0.1) is 0 Å². The van der Waals surface area contributed by atoms with Gasteiger partial charge in [0.05, 0.1) is 0 Å². The van der Waals surface area contributed by atoms with Gasteiger partial charge in [-0.05, 0) is 24.8 Å². The summed E-state index contributed by atoms with van der Waals surface area (Å²) >= 11 is 0. The predicted molar refractivity (Wildman–Crippen MR) is 77.8 cm³/mol. The Balaban J connectivity index is 2.00. The maximum atomic E-state index is 3.61. The van der Waals surface area contributed by atoms with Crippen molar-refractivity contribution in [2.45, 2.75) is 39.3 Å². The van der Waals surface area contributed by atoms with E-state index in [1.807, 2.05) is 0 Å². The Labute approximate surface area is 111 Å². The Morgan fingerprint density at radius 1 is 1.28 bits per heavy atom. The van der Waals surface area contributed by atoms with Gasteiger partial charge in [0.1, 0.15) is 0 Å². The van der Waals surface area contributed by atoms with E-state index in [9.17, 15) is 0 Å². The summed E-state index contributed by atoms with van der Waals surface area (Å²) in [4.78, 5) is 2.67. The molecule has 0 bridgehead atoms. The molecule has 2 unspecified atom stereocenters. The van der Waals surface area contributed by atoms with E-state index in [1.165, 1.54) is 18.7 Å². The summed E-state index contributed by atoms with van der Waals surface area (Å²) in [5.74, 6) is 0.744. The van der Waals surface area contributed by atoms with Crippen molar-refractivity contribution in [1.82, 2.24) is 10.2 Å². The first-order valence-electron chi connectivity index (χ1n) is 7.16. The van der Waals surface area contributed by atoms with Crippen molar-refractivity contribution in [3.05, 3.63) is 35.9 Å². The van der Waals surface area contributed by atoms with Crippen LogP contribution < -0.4 is 5.32 Å². The Bertz CT molecular complexity index is 345. The Morgan fingerprint density at radius 3 is 2.67 bits per heavy atom. The minimum absolute atomic E-state index is 0.621. The molecule has 1 aliphatic rings. The number of benzene rings is 1. The van der Waals surface area contributed by atoms with E-state index in [-0.39, 0.29) is 0 Å². The average Bonchev–Trinajstić information content (AvgIpc) is 2.33. The van der Waals surface area contributed by atoms with E-state index < -0.39 is 0 Å². The van der Waals surface area contributed by atoms with E-state index in [1.54, 1.807) is 0 Å². The second kappa shape index (κ2) is 6.35. The average molecular weight is 246 g/mol. The van der Waals surface area contributed by atoms with Crippen LogP contribution in [0, 0.1) is 5.92 Å². The topological polar surface area (TPSA) is 15.3 Å². The Kier molecular flexibility index (Phi) is 4.79. The number of hydrogen-bond acceptors (Lipinski definition) is 2. The maximum Gasteiger partial charge on any atom is 0.0261 e. The van der Waals surface area contributed by atoms with Crippen molar-refractivity contribution in [2.75, 3.05) is 19.6 Å². The first-order valence-corrected chi connectivity index (χ1v) is 7.16. The zero-order valence-corrected chi connectivity index (χ0v) is 11.9. The van der Waals surface area contributed by atoms with Crippen molar-refractivity contribution in [2.24, 2.45) is 5.92 Å². The molecule has 2 rings (SSSR count). The van der Waals surface area contributed by atoms with Crippen molar-refractivity contribution in [3.8, 4) is 0 Å². The van der Waals surface area contributed by atoms with Gasteiger partial charge in [0, 0.05) is 31.7 Å². The van der Waals surface area contributed by atoms with Crippen molar-refractivity contribution in [3.63, 3.8) is 0 Å². The fourth-order valence-electron chi connectivity index (χ4n) is 2.81. The summed E-state index contributed by atoms with van der Waals surface area (Å²) < 4.78 is 0. The van der Waals surface area contributed by atoms with Gasteiger partial charge in [-0.2, -0.15) is 0 Å². The molecule has 1 aromatic carbocycles. The molecule has 1 fully saturated rings. The first-order chi connectivity index (χ1) is 8.65. The fourth-order valence-corrected chi connectivity index (χ4v) is 2.81. The third-order valence-corrected chi connectivity index (χ3v) is 3.64. The Morgan fingerprint density at radius 2 is 2.00 bits per heavy atom. The number of nitrogens with one attached hydrogen (secondary N) is 1. The third-order valence-electron chi connectivity index (χ3n) is 3.64. The summed E-state index contributed by atoms with van der Waals surface area (Å²) in [6, 6.07) is 12.1. The minimum atomic E-state index is 0.621. The molecule has 0 radical (unpaired) electrons. The van der Waals surface area contributed by atoms with E-state index in [2.05, 4.69) is 61.3 Å². The number of rotatable bonds is 4. The van der Waals surface area contributed by atoms with E-state index in [0.717, 1.165) is 18.9 Å². The van der Waals surface area contributed by atoms with Crippen LogP contribution in [0.1, 0.15) is 26.3 Å². The summed E-state index contributed by atoms with van der Waals surface area (Å²) in [5.41, 5.74) is 1.45. The van der Waals surface area contributed by atoms with Crippen LogP contribution in [0.25, 0.3) is 0 Å². The first kappa shape index (κ1) is 13.6. The standard InChI is InChI=1S/C16H26N2/c1-13(2)11-18-12-14(3)17-10-16(18)9-15-7-5-4-6-8-15/h4-8,13-14,16-17H,9-12H2,1-3H3. The molecule has 0 spiro atoms. The van der Waals surface area contributed by atoms with Gasteiger partial charge in [-0.1, -0.05) is 44.2 Å². The van der Waals surface area contributed by atoms with Gasteiger partial charge in [0.15, 0.2) is 0 Å². The molecular formula is C16H26N2.